The molecule has 1 amide bonds. The van der Waals surface area contributed by atoms with Crippen LogP contribution in [0.5, 0.6) is 0 Å². The Morgan fingerprint density at radius 3 is 2.75 bits per heavy atom. The van der Waals surface area contributed by atoms with Gasteiger partial charge in [0.1, 0.15) is 5.82 Å². The fraction of sp³-hybridized carbons (Fsp3) is 0.125. The van der Waals surface area contributed by atoms with Crippen LogP contribution < -0.4 is 5.32 Å². The standard InChI is InChI=1S/C16H13FN2O3S2/c1-24(21,22)12-5-6-13-14(9-12)23-16(18-13)19-15(20)8-10-3-2-4-11(17)7-10/h2-7,9H,8H2,1H3,(H,18,19,20). The quantitative estimate of drug-likeness (QED) is 0.772. The number of carbonyl (C=O) groups is 1. The van der Waals surface area contributed by atoms with Gasteiger partial charge in [-0.3, -0.25) is 4.79 Å². The van der Waals surface area contributed by atoms with Crippen molar-refractivity contribution in [3.63, 3.8) is 0 Å². The molecule has 1 N–H and O–H groups in total. The third kappa shape index (κ3) is 3.77. The highest BCUT2D eigenvalue weighted by atomic mass is 32.2. The second kappa shape index (κ2) is 6.29. The Hall–Kier alpha value is -2.32. The summed E-state index contributed by atoms with van der Waals surface area (Å²) in [4.78, 5) is 16.5. The van der Waals surface area contributed by atoms with Crippen LogP contribution in [0.4, 0.5) is 9.52 Å². The predicted octanol–water partition coefficient (Wildman–Crippen LogP) is 3.02. The first-order valence-electron chi connectivity index (χ1n) is 6.96. The maximum absolute atomic E-state index is 13.1. The zero-order chi connectivity index (χ0) is 17.3. The van der Waals surface area contributed by atoms with Crippen LogP contribution in [0, 0.1) is 5.82 Å². The number of nitrogens with zero attached hydrogens (tertiary/aromatic N) is 1. The van der Waals surface area contributed by atoms with Gasteiger partial charge < -0.3 is 5.32 Å². The summed E-state index contributed by atoms with van der Waals surface area (Å²) in [6.45, 7) is 0. The molecule has 0 bridgehead atoms. The minimum absolute atomic E-state index is 0.0300. The van der Waals surface area contributed by atoms with Crippen molar-refractivity contribution in [2.75, 3.05) is 11.6 Å². The van der Waals surface area contributed by atoms with Crippen molar-refractivity contribution in [3.8, 4) is 0 Å². The highest BCUT2D eigenvalue weighted by molar-refractivity contribution is 7.90. The van der Waals surface area contributed by atoms with Crippen LogP contribution in [-0.4, -0.2) is 25.6 Å². The van der Waals surface area contributed by atoms with Gasteiger partial charge in [0.2, 0.25) is 5.91 Å². The number of benzene rings is 2. The van der Waals surface area contributed by atoms with E-state index in [2.05, 4.69) is 10.3 Å². The van der Waals surface area contributed by atoms with E-state index in [1.807, 2.05) is 0 Å². The van der Waals surface area contributed by atoms with Gasteiger partial charge in [0, 0.05) is 6.26 Å². The number of aromatic nitrogens is 1. The summed E-state index contributed by atoms with van der Waals surface area (Å²) in [6.07, 6.45) is 1.17. The van der Waals surface area contributed by atoms with Gasteiger partial charge in [-0.1, -0.05) is 23.5 Å². The Balaban J connectivity index is 1.79. The molecule has 0 aliphatic carbocycles. The summed E-state index contributed by atoms with van der Waals surface area (Å²) in [5.41, 5.74) is 1.17. The zero-order valence-corrected chi connectivity index (χ0v) is 14.2. The smallest absolute Gasteiger partial charge is 0.230 e. The molecule has 124 valence electrons. The van der Waals surface area contributed by atoms with E-state index in [1.165, 1.54) is 35.6 Å². The molecule has 0 saturated heterocycles. The lowest BCUT2D eigenvalue weighted by molar-refractivity contribution is -0.115. The summed E-state index contributed by atoms with van der Waals surface area (Å²) in [7, 11) is -3.30. The van der Waals surface area contributed by atoms with Crippen molar-refractivity contribution in [1.29, 1.82) is 0 Å². The number of rotatable bonds is 4. The van der Waals surface area contributed by atoms with Crippen LogP contribution in [0.3, 0.4) is 0 Å². The van der Waals surface area contributed by atoms with Crippen LogP contribution in [0.2, 0.25) is 0 Å². The van der Waals surface area contributed by atoms with E-state index in [4.69, 9.17) is 0 Å². The van der Waals surface area contributed by atoms with Gasteiger partial charge in [0.25, 0.3) is 0 Å². The van der Waals surface area contributed by atoms with Crippen LogP contribution in [-0.2, 0) is 21.1 Å². The lowest BCUT2D eigenvalue weighted by atomic mass is 10.1. The number of halogens is 1. The molecule has 24 heavy (non-hydrogen) atoms. The van der Waals surface area contributed by atoms with Crippen molar-refractivity contribution in [1.82, 2.24) is 4.98 Å². The van der Waals surface area contributed by atoms with Gasteiger partial charge in [-0.15, -0.1) is 0 Å². The van der Waals surface area contributed by atoms with E-state index in [9.17, 15) is 17.6 Å². The Morgan fingerprint density at radius 1 is 1.25 bits per heavy atom. The molecule has 8 heteroatoms. The summed E-state index contributed by atoms with van der Waals surface area (Å²) in [5, 5.41) is 3.03. The summed E-state index contributed by atoms with van der Waals surface area (Å²) in [5.74, 6) is -0.711. The molecule has 0 aliphatic heterocycles. The lowest BCUT2D eigenvalue weighted by Crippen LogP contribution is -2.14. The Kier molecular flexibility index (Phi) is 4.33. The number of fused-ring (bicyclic) bond motifs is 1. The molecule has 0 aliphatic rings. The molecule has 1 heterocycles. The van der Waals surface area contributed by atoms with E-state index in [-0.39, 0.29) is 17.2 Å². The molecule has 3 aromatic rings. The minimum Gasteiger partial charge on any atom is -0.302 e. The molecular weight excluding hydrogens is 351 g/mol. The van der Waals surface area contributed by atoms with Crippen molar-refractivity contribution >= 4 is 42.4 Å². The molecule has 0 unspecified atom stereocenters. The van der Waals surface area contributed by atoms with Crippen LogP contribution in [0.25, 0.3) is 10.2 Å². The average Bonchev–Trinajstić information content (AvgIpc) is 2.87. The number of amides is 1. The average molecular weight is 364 g/mol. The van der Waals surface area contributed by atoms with Crippen LogP contribution in [0.1, 0.15) is 5.56 Å². The first kappa shape index (κ1) is 16.5. The number of sulfone groups is 1. The zero-order valence-electron chi connectivity index (χ0n) is 12.6. The van der Waals surface area contributed by atoms with Crippen LogP contribution in [0.15, 0.2) is 47.4 Å². The van der Waals surface area contributed by atoms with E-state index in [0.29, 0.717) is 20.9 Å². The highest BCUT2D eigenvalue weighted by Crippen LogP contribution is 2.28. The van der Waals surface area contributed by atoms with Crippen molar-refractivity contribution < 1.29 is 17.6 Å². The fourth-order valence-electron chi connectivity index (χ4n) is 2.18. The molecule has 0 saturated carbocycles. The first-order chi connectivity index (χ1) is 11.3. The normalized spacial score (nSPS) is 11.6. The second-order valence-corrected chi connectivity index (χ2v) is 8.32. The van der Waals surface area contributed by atoms with Crippen molar-refractivity contribution in [2.24, 2.45) is 0 Å². The van der Waals surface area contributed by atoms with Gasteiger partial charge >= 0.3 is 0 Å². The number of anilines is 1. The molecular formula is C16H13FN2O3S2. The summed E-state index contributed by atoms with van der Waals surface area (Å²) < 4.78 is 36.9. The molecule has 5 nitrogen and oxygen atoms in total. The largest absolute Gasteiger partial charge is 0.302 e. The van der Waals surface area contributed by atoms with Gasteiger partial charge in [-0.2, -0.15) is 0 Å². The molecule has 1 aromatic heterocycles. The SMILES string of the molecule is CS(=O)(=O)c1ccc2nc(NC(=O)Cc3cccc(F)c3)sc2c1. The third-order valence-electron chi connectivity index (χ3n) is 3.29. The number of hydrogen-bond acceptors (Lipinski definition) is 5. The maximum Gasteiger partial charge on any atom is 0.230 e. The van der Waals surface area contributed by atoms with Crippen molar-refractivity contribution in [3.05, 3.63) is 53.8 Å². The van der Waals surface area contributed by atoms with Crippen LogP contribution >= 0.6 is 11.3 Å². The minimum atomic E-state index is -3.30. The van der Waals surface area contributed by atoms with E-state index >= 15 is 0 Å². The number of thiazole rings is 1. The molecule has 0 radical (unpaired) electrons. The highest BCUT2D eigenvalue weighted by Gasteiger charge is 2.12. The van der Waals surface area contributed by atoms with Crippen molar-refractivity contribution in [2.45, 2.75) is 11.3 Å². The third-order valence-corrected chi connectivity index (χ3v) is 5.33. The molecule has 0 atom stereocenters. The van der Waals surface area contributed by atoms with E-state index < -0.39 is 15.7 Å². The molecule has 2 aromatic carbocycles. The Labute approximate surface area is 142 Å². The number of carbonyl (C=O) groups excluding carboxylic acids is 1. The molecule has 3 rings (SSSR count). The predicted molar refractivity (Wildman–Crippen MR) is 91.5 cm³/mol. The van der Waals surface area contributed by atoms with Gasteiger partial charge in [-0.25, -0.2) is 17.8 Å². The maximum atomic E-state index is 13.1. The fourth-order valence-corrected chi connectivity index (χ4v) is 3.83. The van der Waals surface area contributed by atoms with Gasteiger partial charge in [-0.05, 0) is 35.9 Å². The van der Waals surface area contributed by atoms with E-state index in [1.54, 1.807) is 18.2 Å². The first-order valence-corrected chi connectivity index (χ1v) is 9.67. The van der Waals surface area contributed by atoms with Gasteiger partial charge in [0.05, 0.1) is 21.5 Å². The summed E-state index contributed by atoms with van der Waals surface area (Å²) >= 11 is 1.19. The lowest BCUT2D eigenvalue weighted by Gasteiger charge is -2.01. The van der Waals surface area contributed by atoms with E-state index in [0.717, 1.165) is 6.26 Å². The second-order valence-electron chi connectivity index (χ2n) is 5.28. The Bertz CT molecular complexity index is 1030. The monoisotopic (exact) mass is 364 g/mol. The molecule has 0 fully saturated rings. The topological polar surface area (TPSA) is 76.1 Å². The van der Waals surface area contributed by atoms with Gasteiger partial charge in [0.15, 0.2) is 15.0 Å². The molecule has 0 spiro atoms. The summed E-state index contributed by atoms with van der Waals surface area (Å²) in [6, 6.07) is 10.4. The number of hydrogen-bond donors (Lipinski definition) is 1. The number of nitrogens with one attached hydrogen (secondary N) is 1. The Morgan fingerprint density at radius 2 is 2.04 bits per heavy atom.